The Morgan fingerprint density at radius 1 is 1.17 bits per heavy atom. The molecule has 0 saturated carbocycles. The van der Waals surface area contributed by atoms with E-state index in [1.807, 2.05) is 12.1 Å². The van der Waals surface area contributed by atoms with E-state index in [-0.39, 0.29) is 5.91 Å². The van der Waals surface area contributed by atoms with Crippen LogP contribution in [-0.2, 0) is 13.0 Å². The van der Waals surface area contributed by atoms with Gasteiger partial charge in [0, 0.05) is 20.0 Å². The third-order valence-electron chi connectivity index (χ3n) is 4.10. The summed E-state index contributed by atoms with van der Waals surface area (Å²) in [6, 6.07) is 3.92. The van der Waals surface area contributed by atoms with Gasteiger partial charge in [-0.2, -0.15) is 0 Å². The Hall–Kier alpha value is -2.50. The molecule has 6 nitrogen and oxygen atoms in total. The maximum absolute atomic E-state index is 12.7. The number of carbonyl (C=O) groups excluding carboxylic acids is 1. The van der Waals surface area contributed by atoms with Crippen LogP contribution in [0.4, 0.5) is 0 Å². The summed E-state index contributed by atoms with van der Waals surface area (Å²) in [6.45, 7) is 4.69. The highest BCUT2D eigenvalue weighted by molar-refractivity contribution is 5.92. The van der Waals surface area contributed by atoms with E-state index in [2.05, 4.69) is 4.98 Å². The molecule has 1 aliphatic rings. The Morgan fingerprint density at radius 3 is 2.39 bits per heavy atom. The zero-order chi connectivity index (χ0) is 16.6. The zero-order valence-electron chi connectivity index (χ0n) is 13.8. The number of nitrogens with zero attached hydrogens (tertiary/aromatic N) is 2. The number of carbonyl (C=O) groups is 1. The fourth-order valence-electron chi connectivity index (χ4n) is 2.93. The van der Waals surface area contributed by atoms with Gasteiger partial charge in [-0.3, -0.25) is 4.79 Å². The van der Waals surface area contributed by atoms with Gasteiger partial charge in [0.1, 0.15) is 0 Å². The van der Waals surface area contributed by atoms with Gasteiger partial charge >= 0.3 is 0 Å². The summed E-state index contributed by atoms with van der Waals surface area (Å²) in [5.41, 5.74) is 2.87. The van der Waals surface area contributed by atoms with Crippen molar-refractivity contribution in [2.75, 3.05) is 20.8 Å². The van der Waals surface area contributed by atoms with Gasteiger partial charge in [-0.05, 0) is 36.6 Å². The molecule has 3 rings (SSSR count). The molecule has 0 N–H and O–H groups in total. The molecule has 23 heavy (non-hydrogen) atoms. The topological polar surface area (TPSA) is 64.8 Å². The lowest BCUT2D eigenvalue weighted by Gasteiger charge is -2.29. The van der Waals surface area contributed by atoms with Crippen molar-refractivity contribution in [3.05, 3.63) is 40.6 Å². The highest BCUT2D eigenvalue weighted by Crippen LogP contribution is 2.33. The first-order valence-corrected chi connectivity index (χ1v) is 7.50. The third-order valence-corrected chi connectivity index (χ3v) is 4.10. The van der Waals surface area contributed by atoms with Crippen LogP contribution in [0.2, 0.25) is 0 Å². The molecular weight excluding hydrogens is 296 g/mol. The Kier molecular flexibility index (Phi) is 3.98. The normalized spacial score (nSPS) is 13.7. The minimum atomic E-state index is -0.122. The van der Waals surface area contributed by atoms with E-state index < -0.39 is 0 Å². The molecule has 0 unspecified atom stereocenters. The lowest BCUT2D eigenvalue weighted by Crippen LogP contribution is -2.36. The number of ether oxygens (including phenoxy) is 2. The van der Waals surface area contributed by atoms with Gasteiger partial charge in [0.25, 0.3) is 5.91 Å². The first-order valence-electron chi connectivity index (χ1n) is 7.50. The molecule has 1 aromatic carbocycles. The lowest BCUT2D eigenvalue weighted by atomic mass is 9.98. The molecule has 0 radical (unpaired) electrons. The molecule has 2 aromatic rings. The van der Waals surface area contributed by atoms with Gasteiger partial charge in [0.2, 0.25) is 5.76 Å². The number of fused-ring (bicyclic) bond motifs is 1. The van der Waals surface area contributed by atoms with E-state index in [9.17, 15) is 4.79 Å². The van der Waals surface area contributed by atoms with Gasteiger partial charge in [0.05, 0.1) is 19.9 Å². The molecule has 0 spiro atoms. The molecule has 0 bridgehead atoms. The summed E-state index contributed by atoms with van der Waals surface area (Å²) in [5.74, 6) is 2.10. The summed E-state index contributed by atoms with van der Waals surface area (Å²) in [4.78, 5) is 18.6. The maximum Gasteiger partial charge on any atom is 0.291 e. The van der Waals surface area contributed by atoms with Crippen molar-refractivity contribution in [3.63, 3.8) is 0 Å². The van der Waals surface area contributed by atoms with Gasteiger partial charge in [0.15, 0.2) is 17.4 Å². The Morgan fingerprint density at radius 2 is 1.83 bits per heavy atom. The van der Waals surface area contributed by atoms with E-state index in [1.54, 1.807) is 33.0 Å². The predicted octanol–water partition coefficient (Wildman–Crippen LogP) is 2.51. The standard InChI is InChI=1S/C17H20N2O4/c1-10-16(23-11(2)18-10)17(20)19-6-5-12-7-14(21-3)15(22-4)8-13(12)9-19/h7-8H,5-6,9H2,1-4H3. The van der Waals surface area contributed by atoms with Crippen LogP contribution in [0.5, 0.6) is 11.5 Å². The second-order valence-electron chi connectivity index (χ2n) is 5.60. The summed E-state index contributed by atoms with van der Waals surface area (Å²) in [6.07, 6.45) is 0.771. The van der Waals surface area contributed by atoms with E-state index in [1.165, 1.54) is 5.56 Å². The molecule has 1 aliphatic heterocycles. The number of aryl methyl sites for hydroxylation is 2. The highest BCUT2D eigenvalue weighted by Gasteiger charge is 2.27. The quantitative estimate of drug-likeness (QED) is 0.870. The van der Waals surface area contributed by atoms with Crippen LogP contribution in [0.25, 0.3) is 0 Å². The Bertz CT molecular complexity index is 751. The summed E-state index contributed by atoms with van der Waals surface area (Å²) < 4.78 is 16.1. The first kappa shape index (κ1) is 15.4. The molecule has 1 aromatic heterocycles. The molecule has 0 aliphatic carbocycles. The summed E-state index contributed by atoms with van der Waals surface area (Å²) in [5, 5.41) is 0. The number of oxazole rings is 1. The lowest BCUT2D eigenvalue weighted by molar-refractivity contribution is 0.0699. The van der Waals surface area contributed by atoms with Crippen LogP contribution in [0, 0.1) is 13.8 Å². The maximum atomic E-state index is 12.7. The number of hydrogen-bond donors (Lipinski definition) is 0. The first-order chi connectivity index (χ1) is 11.0. The smallest absolute Gasteiger partial charge is 0.291 e. The van der Waals surface area contributed by atoms with Crippen molar-refractivity contribution in [2.45, 2.75) is 26.8 Å². The van der Waals surface area contributed by atoms with Gasteiger partial charge < -0.3 is 18.8 Å². The minimum absolute atomic E-state index is 0.122. The second-order valence-corrected chi connectivity index (χ2v) is 5.60. The fraction of sp³-hybridized carbons (Fsp3) is 0.412. The highest BCUT2D eigenvalue weighted by atomic mass is 16.5. The van der Waals surface area contributed by atoms with Crippen molar-refractivity contribution in [2.24, 2.45) is 0 Å². The number of hydrogen-bond acceptors (Lipinski definition) is 5. The van der Waals surface area contributed by atoms with Crippen molar-refractivity contribution < 1.29 is 18.7 Å². The third kappa shape index (κ3) is 2.76. The molecule has 2 heterocycles. The molecule has 0 saturated heterocycles. The van der Waals surface area contributed by atoms with Crippen molar-refractivity contribution in [1.82, 2.24) is 9.88 Å². The molecule has 122 valence electrons. The molecular formula is C17H20N2O4. The number of aromatic nitrogens is 1. The average Bonchev–Trinajstić information content (AvgIpc) is 2.90. The van der Waals surface area contributed by atoms with Crippen LogP contribution in [0.15, 0.2) is 16.5 Å². The van der Waals surface area contributed by atoms with Crippen LogP contribution < -0.4 is 9.47 Å². The van der Waals surface area contributed by atoms with E-state index in [0.29, 0.717) is 41.9 Å². The summed E-state index contributed by atoms with van der Waals surface area (Å²) in [7, 11) is 3.23. The van der Waals surface area contributed by atoms with E-state index in [0.717, 1.165) is 12.0 Å². The van der Waals surface area contributed by atoms with Crippen LogP contribution in [0.1, 0.15) is 33.3 Å². The van der Waals surface area contributed by atoms with E-state index >= 15 is 0 Å². The number of rotatable bonds is 3. The zero-order valence-corrected chi connectivity index (χ0v) is 13.8. The molecule has 6 heteroatoms. The SMILES string of the molecule is COc1cc2c(cc1OC)CN(C(=O)c1oc(C)nc1C)CC2. The Balaban J connectivity index is 1.87. The van der Waals surface area contributed by atoms with Crippen molar-refractivity contribution >= 4 is 5.91 Å². The largest absolute Gasteiger partial charge is 0.493 e. The van der Waals surface area contributed by atoms with Crippen LogP contribution in [-0.4, -0.2) is 36.6 Å². The summed E-state index contributed by atoms with van der Waals surface area (Å²) >= 11 is 0. The second kappa shape index (κ2) is 5.95. The molecule has 1 amide bonds. The van der Waals surface area contributed by atoms with Crippen molar-refractivity contribution in [3.8, 4) is 11.5 Å². The van der Waals surface area contributed by atoms with Gasteiger partial charge in [-0.15, -0.1) is 0 Å². The van der Waals surface area contributed by atoms with Crippen LogP contribution >= 0.6 is 0 Å². The monoisotopic (exact) mass is 316 g/mol. The molecule has 0 fully saturated rings. The number of benzene rings is 1. The molecule has 0 atom stereocenters. The predicted molar refractivity (Wildman–Crippen MR) is 84.0 cm³/mol. The minimum Gasteiger partial charge on any atom is -0.493 e. The van der Waals surface area contributed by atoms with Crippen LogP contribution in [0.3, 0.4) is 0 Å². The van der Waals surface area contributed by atoms with Crippen molar-refractivity contribution in [1.29, 1.82) is 0 Å². The average molecular weight is 316 g/mol. The van der Waals surface area contributed by atoms with Gasteiger partial charge in [-0.25, -0.2) is 4.98 Å². The number of amides is 1. The Labute approximate surface area is 135 Å². The van der Waals surface area contributed by atoms with E-state index in [4.69, 9.17) is 13.9 Å². The van der Waals surface area contributed by atoms with Gasteiger partial charge in [-0.1, -0.05) is 0 Å². The fourth-order valence-corrected chi connectivity index (χ4v) is 2.93. The number of methoxy groups -OCH3 is 2.